The third-order valence-electron chi connectivity index (χ3n) is 9.93. The summed E-state index contributed by atoms with van der Waals surface area (Å²) >= 11 is 0. The molecule has 168 valence electrons. The van der Waals surface area contributed by atoms with Gasteiger partial charge in [0.15, 0.2) is 0 Å². The highest BCUT2D eigenvalue weighted by Crippen LogP contribution is 2.66. The Morgan fingerprint density at radius 3 is 2.65 bits per heavy atom. The predicted molar refractivity (Wildman–Crippen MR) is 144 cm³/mol. The summed E-state index contributed by atoms with van der Waals surface area (Å²) in [5.74, 6) is 3.68. The molecule has 0 N–H and O–H groups in total. The van der Waals surface area contributed by atoms with Gasteiger partial charge in [0.25, 0.3) is 0 Å². The van der Waals surface area contributed by atoms with Crippen LogP contribution in [0.5, 0.6) is 0 Å². The van der Waals surface area contributed by atoms with Gasteiger partial charge in [0.05, 0.1) is 0 Å². The van der Waals surface area contributed by atoms with Crippen LogP contribution in [0.15, 0.2) is 72.3 Å². The molecule has 0 aliphatic heterocycles. The summed E-state index contributed by atoms with van der Waals surface area (Å²) in [6.07, 6.45) is 14.0. The molecule has 0 nitrogen and oxygen atoms in total. The van der Waals surface area contributed by atoms with Crippen molar-refractivity contribution in [3.05, 3.63) is 94.6 Å². The minimum atomic E-state index is 0.574. The van der Waals surface area contributed by atoms with Crippen molar-refractivity contribution in [1.82, 2.24) is 0 Å². The molecule has 8 rings (SSSR count). The number of rotatable bonds is 1. The first-order valence-electron chi connectivity index (χ1n) is 13.5. The van der Waals surface area contributed by atoms with Gasteiger partial charge in [0.2, 0.25) is 0 Å². The molecule has 34 heavy (non-hydrogen) atoms. The molecule has 0 spiro atoms. The minimum absolute atomic E-state index is 0.574. The molecule has 0 heteroatoms. The first-order valence-corrected chi connectivity index (χ1v) is 13.5. The lowest BCUT2D eigenvalue weighted by atomic mass is 9.61. The van der Waals surface area contributed by atoms with E-state index in [2.05, 4.69) is 80.6 Å². The van der Waals surface area contributed by atoms with E-state index in [0.717, 1.165) is 17.8 Å². The quantitative estimate of drug-likeness (QED) is 0.331. The van der Waals surface area contributed by atoms with E-state index in [1.165, 1.54) is 59.8 Å². The van der Waals surface area contributed by atoms with E-state index in [-0.39, 0.29) is 0 Å². The monoisotopic (exact) mass is 440 g/mol. The van der Waals surface area contributed by atoms with Gasteiger partial charge < -0.3 is 0 Å². The van der Waals surface area contributed by atoms with Crippen molar-refractivity contribution in [1.29, 1.82) is 0 Å². The van der Waals surface area contributed by atoms with Gasteiger partial charge in [-0.05, 0) is 118 Å². The summed E-state index contributed by atoms with van der Waals surface area (Å²) < 4.78 is 0. The molecule has 5 unspecified atom stereocenters. The first kappa shape index (κ1) is 19.4. The SMILES string of the molecule is CC1=CC2c3c(c4c5c(cccc5c3-c3ccccc3)C3=C4CCC=C3)C3C(C)CCC(C1)C23. The first-order chi connectivity index (χ1) is 16.7. The molecule has 1 saturated carbocycles. The average molecular weight is 441 g/mol. The molecular weight excluding hydrogens is 408 g/mol. The van der Waals surface area contributed by atoms with E-state index in [4.69, 9.17) is 0 Å². The number of benzene rings is 3. The summed E-state index contributed by atoms with van der Waals surface area (Å²) in [5, 5.41) is 3.05. The average Bonchev–Trinajstić information content (AvgIpc) is 3.38. The van der Waals surface area contributed by atoms with Gasteiger partial charge in [-0.25, -0.2) is 0 Å². The van der Waals surface area contributed by atoms with Gasteiger partial charge in [-0.15, -0.1) is 0 Å². The maximum atomic E-state index is 2.69. The molecular formula is C34H32. The van der Waals surface area contributed by atoms with E-state index in [1.807, 2.05) is 0 Å². The van der Waals surface area contributed by atoms with Crippen LogP contribution in [0.2, 0.25) is 0 Å². The maximum absolute atomic E-state index is 2.69. The van der Waals surface area contributed by atoms with Crippen molar-refractivity contribution in [3.8, 4) is 11.1 Å². The molecule has 5 atom stereocenters. The Hall–Kier alpha value is -2.86. The summed E-state index contributed by atoms with van der Waals surface area (Å²) in [4.78, 5) is 0. The summed E-state index contributed by atoms with van der Waals surface area (Å²) in [6, 6.07) is 18.5. The largest absolute Gasteiger partial charge is 0.0836 e. The molecule has 3 aromatic rings. The van der Waals surface area contributed by atoms with Crippen LogP contribution in [-0.4, -0.2) is 0 Å². The fraction of sp³-hybridized carbons (Fsp3) is 0.353. The number of allylic oxidation sites excluding steroid dienone is 6. The van der Waals surface area contributed by atoms with E-state index in [0.29, 0.717) is 11.8 Å². The Balaban J connectivity index is 1.57. The normalized spacial score (nSPS) is 30.3. The van der Waals surface area contributed by atoms with Crippen LogP contribution in [0.4, 0.5) is 0 Å². The van der Waals surface area contributed by atoms with E-state index >= 15 is 0 Å². The summed E-state index contributed by atoms with van der Waals surface area (Å²) in [5.41, 5.74) is 14.3. The van der Waals surface area contributed by atoms with Gasteiger partial charge in [0, 0.05) is 5.92 Å². The molecule has 1 fully saturated rings. The molecule has 0 heterocycles. The van der Waals surface area contributed by atoms with Crippen LogP contribution in [0.25, 0.3) is 33.0 Å². The van der Waals surface area contributed by atoms with E-state index in [9.17, 15) is 0 Å². The van der Waals surface area contributed by atoms with Crippen LogP contribution in [-0.2, 0) is 0 Å². The van der Waals surface area contributed by atoms with Crippen molar-refractivity contribution in [2.24, 2.45) is 17.8 Å². The van der Waals surface area contributed by atoms with Gasteiger partial charge in [0.1, 0.15) is 0 Å². The zero-order chi connectivity index (χ0) is 22.6. The molecule has 0 saturated heterocycles. The fourth-order valence-electron chi connectivity index (χ4n) is 8.83. The second kappa shape index (κ2) is 6.85. The third kappa shape index (κ3) is 2.35. The molecule has 5 aliphatic carbocycles. The maximum Gasteiger partial charge on any atom is 0.00669 e. The van der Waals surface area contributed by atoms with Gasteiger partial charge >= 0.3 is 0 Å². The Morgan fingerprint density at radius 1 is 0.882 bits per heavy atom. The van der Waals surface area contributed by atoms with Crippen LogP contribution in [0.1, 0.15) is 80.0 Å². The Kier molecular flexibility index (Phi) is 3.92. The van der Waals surface area contributed by atoms with Crippen molar-refractivity contribution in [3.63, 3.8) is 0 Å². The summed E-state index contributed by atoms with van der Waals surface area (Å²) in [6.45, 7) is 4.96. The smallest absolute Gasteiger partial charge is 0.00669 e. The lowest BCUT2D eigenvalue weighted by molar-refractivity contribution is 0.146. The Bertz CT molecular complexity index is 1460. The molecule has 0 radical (unpaired) electrons. The Labute approximate surface area is 203 Å². The highest BCUT2D eigenvalue weighted by molar-refractivity contribution is 6.20. The predicted octanol–water partition coefficient (Wildman–Crippen LogP) is 9.27. The standard InChI is InChI=1S/C34H32/c1-19-17-22-16-15-20(2)28-30(22)27(18-19)33-29(21-9-4-3-5-10-21)26-14-8-13-24-23-11-6-7-12-25(23)32(31(24)26)34(28)33/h3-6,8-11,13-14,18,20,22,27-28,30H,7,12,15-17H2,1-2H3. The molecule has 0 aromatic heterocycles. The Morgan fingerprint density at radius 2 is 1.76 bits per heavy atom. The molecule has 0 amide bonds. The number of hydrogen-bond donors (Lipinski definition) is 0. The molecule has 3 aromatic carbocycles. The van der Waals surface area contributed by atoms with Crippen molar-refractivity contribution >= 4 is 21.9 Å². The van der Waals surface area contributed by atoms with Crippen molar-refractivity contribution < 1.29 is 0 Å². The van der Waals surface area contributed by atoms with Crippen LogP contribution in [0, 0.1) is 17.8 Å². The van der Waals surface area contributed by atoms with Crippen LogP contribution in [0.3, 0.4) is 0 Å². The lowest BCUT2D eigenvalue weighted by Crippen LogP contribution is -2.33. The van der Waals surface area contributed by atoms with Crippen molar-refractivity contribution in [2.45, 2.75) is 57.8 Å². The van der Waals surface area contributed by atoms with E-state index < -0.39 is 0 Å². The van der Waals surface area contributed by atoms with Gasteiger partial charge in [-0.1, -0.05) is 79.3 Å². The highest BCUT2D eigenvalue weighted by atomic mass is 14.6. The number of hydrogen-bond acceptors (Lipinski definition) is 0. The number of fused-ring (bicyclic) bond motifs is 6. The molecule has 0 bridgehead atoms. The van der Waals surface area contributed by atoms with E-state index in [1.54, 1.807) is 33.2 Å². The van der Waals surface area contributed by atoms with Crippen molar-refractivity contribution in [2.75, 3.05) is 0 Å². The van der Waals surface area contributed by atoms with Crippen LogP contribution < -0.4 is 0 Å². The topological polar surface area (TPSA) is 0 Å². The second-order valence-corrected chi connectivity index (χ2v) is 11.7. The summed E-state index contributed by atoms with van der Waals surface area (Å²) in [7, 11) is 0. The van der Waals surface area contributed by atoms with Gasteiger partial charge in [-0.3, -0.25) is 0 Å². The minimum Gasteiger partial charge on any atom is -0.0836 e. The molecule has 5 aliphatic rings. The second-order valence-electron chi connectivity index (χ2n) is 11.7. The highest BCUT2D eigenvalue weighted by Gasteiger charge is 2.52. The lowest BCUT2D eigenvalue weighted by Gasteiger charge is -2.43. The zero-order valence-corrected chi connectivity index (χ0v) is 20.3. The van der Waals surface area contributed by atoms with Gasteiger partial charge in [-0.2, -0.15) is 0 Å². The van der Waals surface area contributed by atoms with Crippen LogP contribution >= 0.6 is 0 Å². The third-order valence-corrected chi connectivity index (χ3v) is 9.93. The zero-order valence-electron chi connectivity index (χ0n) is 20.3. The fourth-order valence-corrected chi connectivity index (χ4v) is 8.83.